The van der Waals surface area contributed by atoms with Crippen molar-refractivity contribution in [3.05, 3.63) is 67.0 Å². The highest BCUT2D eigenvalue weighted by Gasteiger charge is 2.03. The highest BCUT2D eigenvalue weighted by Crippen LogP contribution is 2.19. The Labute approximate surface area is 188 Å². The first-order chi connectivity index (χ1) is 14.9. The largest absolute Gasteiger partial charge is 0.255 e. The van der Waals surface area contributed by atoms with Crippen LogP contribution in [0.15, 0.2) is 67.0 Å². The number of aromatic nitrogens is 3. The minimum Gasteiger partial charge on any atom is -0.255 e. The third kappa shape index (κ3) is 15.4. The molecule has 0 aliphatic carbocycles. The van der Waals surface area contributed by atoms with E-state index in [9.17, 15) is 0 Å². The van der Waals surface area contributed by atoms with Crippen molar-refractivity contribution in [3.63, 3.8) is 0 Å². The van der Waals surface area contributed by atoms with Crippen LogP contribution in [-0.2, 0) is 0 Å². The van der Waals surface area contributed by atoms with Crippen LogP contribution in [0.4, 0.5) is 0 Å². The minimum atomic E-state index is 0.860. The smallest absolute Gasteiger partial charge is 0.0894 e. The van der Waals surface area contributed by atoms with Gasteiger partial charge >= 0.3 is 0 Å². The molecule has 0 N–H and O–H groups in total. The molecular weight excluding hydrogens is 366 g/mol. The predicted molar refractivity (Wildman–Crippen MR) is 139 cm³/mol. The minimum absolute atomic E-state index is 0.860. The Balaban J connectivity index is -0.000000245. The maximum atomic E-state index is 4.59. The Hall–Kier alpha value is -2.55. The lowest BCUT2D eigenvalue weighted by Gasteiger charge is -2.03. The molecule has 0 radical (unpaired) electrons. The van der Waals surface area contributed by atoms with E-state index in [2.05, 4.69) is 15.0 Å². The highest BCUT2D eigenvalue weighted by atomic mass is 14.8. The van der Waals surface area contributed by atoms with Crippen LogP contribution in [0.25, 0.3) is 22.8 Å². The quantitative estimate of drug-likeness (QED) is 0.420. The van der Waals surface area contributed by atoms with Crippen molar-refractivity contribution >= 4 is 0 Å². The second kappa shape index (κ2) is 31.2. The Morgan fingerprint density at radius 3 is 0.933 bits per heavy atom. The summed E-state index contributed by atoms with van der Waals surface area (Å²) in [5.41, 5.74) is 3.46. The molecule has 0 saturated carbocycles. The van der Waals surface area contributed by atoms with Crippen molar-refractivity contribution in [2.45, 2.75) is 83.1 Å². The van der Waals surface area contributed by atoms with Crippen LogP contribution < -0.4 is 0 Å². The van der Waals surface area contributed by atoms with E-state index in [1.165, 1.54) is 0 Å². The molecule has 3 rings (SSSR count). The molecule has 170 valence electrons. The van der Waals surface area contributed by atoms with Gasteiger partial charge in [-0.3, -0.25) is 9.97 Å². The van der Waals surface area contributed by atoms with Gasteiger partial charge in [0.15, 0.2) is 0 Å². The van der Waals surface area contributed by atoms with Crippen molar-refractivity contribution in [1.29, 1.82) is 0 Å². The number of nitrogens with zero attached hydrogens (tertiary/aromatic N) is 3. The number of rotatable bonds is 2. The van der Waals surface area contributed by atoms with Gasteiger partial charge in [0, 0.05) is 12.4 Å². The lowest BCUT2D eigenvalue weighted by molar-refractivity contribution is 1.22. The highest BCUT2D eigenvalue weighted by molar-refractivity contribution is 5.61. The molecule has 0 saturated heterocycles. The second-order valence-electron chi connectivity index (χ2n) is 3.84. The summed E-state index contributed by atoms with van der Waals surface area (Å²) < 4.78 is 0. The first-order valence-corrected chi connectivity index (χ1v) is 11.7. The van der Waals surface area contributed by atoms with E-state index in [0.717, 1.165) is 22.8 Å². The molecular formula is C27H47N3. The molecule has 0 bridgehead atoms. The standard InChI is InChI=1S/C15H11N3.6C2H6/c1-3-10-16-12(6-1)14-8-5-9-15(18-14)13-7-2-4-11-17-13;6*1-2/h1-11H;6*1-2H3. The summed E-state index contributed by atoms with van der Waals surface area (Å²) >= 11 is 0. The Bertz CT molecular complexity index is 584. The van der Waals surface area contributed by atoms with E-state index in [1.54, 1.807) is 12.4 Å². The molecule has 0 amide bonds. The van der Waals surface area contributed by atoms with Gasteiger partial charge in [0.2, 0.25) is 0 Å². The predicted octanol–water partition coefficient (Wildman–Crippen LogP) is 9.36. The van der Waals surface area contributed by atoms with E-state index in [0.29, 0.717) is 0 Å². The lowest BCUT2D eigenvalue weighted by atomic mass is 10.2. The number of hydrogen-bond donors (Lipinski definition) is 0. The molecule has 0 aliphatic rings. The van der Waals surface area contributed by atoms with Crippen LogP contribution >= 0.6 is 0 Å². The molecule has 3 nitrogen and oxygen atoms in total. The summed E-state index contributed by atoms with van der Waals surface area (Å²) in [5.74, 6) is 0. The fourth-order valence-corrected chi connectivity index (χ4v) is 1.75. The first kappa shape index (κ1) is 34.9. The van der Waals surface area contributed by atoms with Crippen molar-refractivity contribution in [2.75, 3.05) is 0 Å². The van der Waals surface area contributed by atoms with Gasteiger partial charge in [-0.15, -0.1) is 0 Å². The summed E-state index contributed by atoms with van der Waals surface area (Å²) in [5, 5.41) is 0. The SMILES string of the molecule is CC.CC.CC.CC.CC.CC.c1ccc(-c2cccc(-c3ccccn3)n2)nc1. The maximum Gasteiger partial charge on any atom is 0.0894 e. The van der Waals surface area contributed by atoms with Gasteiger partial charge in [0.25, 0.3) is 0 Å². The molecule has 0 aliphatic heterocycles. The third-order valence-corrected chi connectivity index (χ3v) is 2.60. The summed E-state index contributed by atoms with van der Waals surface area (Å²) in [7, 11) is 0. The normalized spacial score (nSPS) is 7.33. The number of pyridine rings is 3. The van der Waals surface area contributed by atoms with Crippen molar-refractivity contribution in [1.82, 2.24) is 15.0 Å². The monoisotopic (exact) mass is 413 g/mol. The van der Waals surface area contributed by atoms with E-state index in [4.69, 9.17) is 0 Å². The van der Waals surface area contributed by atoms with Crippen LogP contribution in [0.1, 0.15) is 83.1 Å². The zero-order chi connectivity index (χ0) is 24.2. The Kier molecular flexibility index (Phi) is 36.3. The topological polar surface area (TPSA) is 38.7 Å². The molecule has 3 aromatic heterocycles. The van der Waals surface area contributed by atoms with Crippen LogP contribution in [0.2, 0.25) is 0 Å². The Morgan fingerprint density at radius 2 is 0.667 bits per heavy atom. The van der Waals surface area contributed by atoms with Crippen molar-refractivity contribution < 1.29 is 0 Å². The first-order valence-electron chi connectivity index (χ1n) is 11.7. The molecule has 30 heavy (non-hydrogen) atoms. The van der Waals surface area contributed by atoms with E-state index in [1.807, 2.05) is 138 Å². The van der Waals surface area contributed by atoms with Gasteiger partial charge in [-0.05, 0) is 36.4 Å². The van der Waals surface area contributed by atoms with Crippen LogP contribution in [0.3, 0.4) is 0 Å². The maximum absolute atomic E-state index is 4.59. The zero-order valence-electron chi connectivity index (χ0n) is 21.7. The van der Waals surface area contributed by atoms with Gasteiger partial charge in [-0.1, -0.05) is 101 Å². The van der Waals surface area contributed by atoms with E-state index >= 15 is 0 Å². The van der Waals surface area contributed by atoms with Crippen LogP contribution in [0.5, 0.6) is 0 Å². The fraction of sp³-hybridized carbons (Fsp3) is 0.444. The summed E-state index contributed by atoms with van der Waals surface area (Å²) in [6, 6.07) is 17.5. The molecule has 3 heteroatoms. The van der Waals surface area contributed by atoms with Crippen molar-refractivity contribution in [2.24, 2.45) is 0 Å². The lowest BCUT2D eigenvalue weighted by Crippen LogP contribution is -1.90. The molecule has 0 unspecified atom stereocenters. The van der Waals surface area contributed by atoms with Gasteiger partial charge in [-0.2, -0.15) is 0 Å². The molecule has 3 heterocycles. The molecule has 0 fully saturated rings. The second-order valence-corrected chi connectivity index (χ2v) is 3.84. The van der Waals surface area contributed by atoms with E-state index < -0.39 is 0 Å². The van der Waals surface area contributed by atoms with Crippen molar-refractivity contribution in [3.8, 4) is 22.8 Å². The molecule has 0 aromatic carbocycles. The average Bonchev–Trinajstić information content (AvgIpc) is 2.92. The van der Waals surface area contributed by atoms with Gasteiger partial charge < -0.3 is 0 Å². The van der Waals surface area contributed by atoms with Gasteiger partial charge in [0.1, 0.15) is 0 Å². The molecule has 0 atom stereocenters. The molecule has 3 aromatic rings. The summed E-state index contributed by atoms with van der Waals surface area (Å²) in [6.45, 7) is 24.0. The fourth-order valence-electron chi connectivity index (χ4n) is 1.75. The number of hydrogen-bond acceptors (Lipinski definition) is 3. The third-order valence-electron chi connectivity index (χ3n) is 2.60. The summed E-state index contributed by atoms with van der Waals surface area (Å²) in [4.78, 5) is 13.2. The summed E-state index contributed by atoms with van der Waals surface area (Å²) in [6.07, 6.45) is 3.54. The van der Waals surface area contributed by atoms with E-state index in [-0.39, 0.29) is 0 Å². The average molecular weight is 414 g/mol. The van der Waals surface area contributed by atoms with Crippen LogP contribution in [0, 0.1) is 0 Å². The molecule has 0 spiro atoms. The van der Waals surface area contributed by atoms with Gasteiger partial charge in [0.05, 0.1) is 22.8 Å². The van der Waals surface area contributed by atoms with Crippen LogP contribution in [-0.4, -0.2) is 15.0 Å². The zero-order valence-corrected chi connectivity index (χ0v) is 21.7. The Morgan fingerprint density at radius 1 is 0.367 bits per heavy atom. The van der Waals surface area contributed by atoms with Gasteiger partial charge in [-0.25, -0.2) is 4.98 Å².